The predicted molar refractivity (Wildman–Crippen MR) is 126 cm³/mol. The first-order valence-corrected chi connectivity index (χ1v) is 10.8. The van der Waals surface area contributed by atoms with Crippen molar-refractivity contribution in [1.29, 1.82) is 5.26 Å². The second-order valence-corrected chi connectivity index (χ2v) is 7.87. The van der Waals surface area contributed by atoms with E-state index in [0.29, 0.717) is 35.6 Å². The molecular weight excluding hydrogens is 479 g/mol. The molecule has 0 aliphatic heterocycles. The molecule has 194 valence electrons. The van der Waals surface area contributed by atoms with Crippen molar-refractivity contribution in [3.05, 3.63) is 76.6 Å². The zero-order valence-electron chi connectivity index (χ0n) is 19.9. The summed E-state index contributed by atoms with van der Waals surface area (Å²) >= 11 is 0. The summed E-state index contributed by atoms with van der Waals surface area (Å²) < 4.78 is 37.7. The van der Waals surface area contributed by atoms with Crippen molar-refractivity contribution in [2.45, 2.75) is 46.0 Å². The second kappa shape index (κ2) is 17.3. The van der Waals surface area contributed by atoms with Gasteiger partial charge in [0.25, 0.3) is 0 Å². The standard InChI is InChI=1S/C10H7NO2.C8H5F3O2.C8H16O2/c11-7-9-3-1-2-8(6-9)4-5-10(12)13;9-5-1-4(2-7(12)13)8(11)6(10)3-5;1-7(2)5-3-4-6-8(9)10/h1-6H,(H,12,13);1,3H,2H2,(H,12,13);7H,3-6H2,1-2H3,(H,9,10). The maximum absolute atomic E-state index is 12.7. The van der Waals surface area contributed by atoms with Crippen LogP contribution in [0.3, 0.4) is 0 Å². The molecule has 0 unspecified atom stereocenters. The van der Waals surface area contributed by atoms with Crippen LogP contribution in [0.5, 0.6) is 0 Å². The SMILES string of the molecule is CC(C)CCCCC(=O)O.N#Cc1cccc(C=CC(=O)O)c1.O=C(O)Cc1cc(F)cc(F)c1F. The molecule has 0 heterocycles. The lowest BCUT2D eigenvalue weighted by Crippen LogP contribution is -2.04. The van der Waals surface area contributed by atoms with Crippen LogP contribution in [0, 0.1) is 34.7 Å². The molecule has 36 heavy (non-hydrogen) atoms. The largest absolute Gasteiger partial charge is 0.481 e. The van der Waals surface area contributed by atoms with Gasteiger partial charge in [-0.05, 0) is 42.2 Å². The van der Waals surface area contributed by atoms with Crippen LogP contribution in [-0.4, -0.2) is 33.2 Å². The van der Waals surface area contributed by atoms with Crippen molar-refractivity contribution in [1.82, 2.24) is 0 Å². The lowest BCUT2D eigenvalue weighted by atomic mass is 10.1. The molecule has 10 heteroatoms. The van der Waals surface area contributed by atoms with Crippen LogP contribution in [-0.2, 0) is 20.8 Å². The number of nitrogens with zero attached hydrogens (tertiary/aromatic N) is 1. The van der Waals surface area contributed by atoms with Crippen LogP contribution in [0.25, 0.3) is 6.08 Å². The van der Waals surface area contributed by atoms with Crippen LogP contribution in [0.1, 0.15) is 56.2 Å². The Morgan fingerprint density at radius 2 is 1.67 bits per heavy atom. The zero-order valence-corrected chi connectivity index (χ0v) is 19.9. The maximum Gasteiger partial charge on any atom is 0.328 e. The molecule has 2 rings (SSSR count). The summed E-state index contributed by atoms with van der Waals surface area (Å²) in [7, 11) is 0. The highest BCUT2D eigenvalue weighted by Gasteiger charge is 2.13. The molecule has 0 bridgehead atoms. The van der Waals surface area contributed by atoms with E-state index in [2.05, 4.69) is 13.8 Å². The van der Waals surface area contributed by atoms with Crippen LogP contribution in [0.4, 0.5) is 13.2 Å². The molecule has 0 aliphatic carbocycles. The topological polar surface area (TPSA) is 136 Å². The van der Waals surface area contributed by atoms with Gasteiger partial charge in [-0.15, -0.1) is 0 Å². The first-order chi connectivity index (χ1) is 16.8. The molecule has 2 aromatic rings. The van der Waals surface area contributed by atoms with E-state index in [1.165, 1.54) is 6.08 Å². The number of rotatable bonds is 9. The van der Waals surface area contributed by atoms with E-state index in [-0.39, 0.29) is 0 Å². The number of hydrogen-bond donors (Lipinski definition) is 3. The Morgan fingerprint density at radius 3 is 2.19 bits per heavy atom. The minimum atomic E-state index is -1.38. The molecule has 2 aromatic carbocycles. The van der Waals surface area contributed by atoms with Crippen molar-refractivity contribution in [2.24, 2.45) is 5.92 Å². The third kappa shape index (κ3) is 15.7. The Hall–Kier alpha value is -4.13. The van der Waals surface area contributed by atoms with E-state index in [0.717, 1.165) is 25.3 Å². The Labute approximate surface area is 207 Å². The summed E-state index contributed by atoms with van der Waals surface area (Å²) in [5.41, 5.74) is 0.735. The molecule has 0 aliphatic rings. The lowest BCUT2D eigenvalue weighted by Gasteiger charge is -2.01. The molecule has 0 amide bonds. The van der Waals surface area contributed by atoms with Gasteiger partial charge >= 0.3 is 17.9 Å². The molecular formula is C26H28F3NO6. The third-order valence-corrected chi connectivity index (χ3v) is 4.27. The highest BCUT2D eigenvalue weighted by molar-refractivity contribution is 5.85. The smallest absolute Gasteiger partial charge is 0.328 e. The number of aliphatic carboxylic acids is 3. The molecule has 0 radical (unpaired) electrons. The van der Waals surface area contributed by atoms with Crippen LogP contribution in [0.15, 0.2) is 42.5 Å². The van der Waals surface area contributed by atoms with Crippen molar-refractivity contribution in [3.8, 4) is 6.07 Å². The van der Waals surface area contributed by atoms with Gasteiger partial charge in [-0.1, -0.05) is 38.8 Å². The number of hydrogen-bond acceptors (Lipinski definition) is 4. The first-order valence-electron chi connectivity index (χ1n) is 10.8. The first kappa shape index (κ1) is 31.9. The van der Waals surface area contributed by atoms with E-state index >= 15 is 0 Å². The van der Waals surface area contributed by atoms with Gasteiger partial charge in [-0.2, -0.15) is 5.26 Å². The number of nitriles is 1. The van der Waals surface area contributed by atoms with Gasteiger partial charge < -0.3 is 15.3 Å². The molecule has 7 nitrogen and oxygen atoms in total. The summed E-state index contributed by atoms with van der Waals surface area (Å²) in [6, 6.07) is 9.73. The maximum atomic E-state index is 12.7. The fraction of sp³-hybridized carbons (Fsp3) is 0.308. The van der Waals surface area contributed by atoms with Gasteiger partial charge in [-0.3, -0.25) is 9.59 Å². The van der Waals surface area contributed by atoms with E-state index in [9.17, 15) is 27.6 Å². The van der Waals surface area contributed by atoms with E-state index in [1.807, 2.05) is 6.07 Å². The second-order valence-electron chi connectivity index (χ2n) is 7.87. The van der Waals surface area contributed by atoms with Gasteiger partial charge in [0.05, 0.1) is 18.1 Å². The van der Waals surface area contributed by atoms with E-state index in [4.69, 9.17) is 20.6 Å². The molecule has 0 fully saturated rings. The van der Waals surface area contributed by atoms with Crippen molar-refractivity contribution < 1.29 is 42.9 Å². The average Bonchev–Trinajstić information content (AvgIpc) is 2.79. The summed E-state index contributed by atoms with van der Waals surface area (Å²) in [4.78, 5) is 30.4. The monoisotopic (exact) mass is 507 g/mol. The Balaban J connectivity index is 0.000000517. The number of benzene rings is 2. The minimum Gasteiger partial charge on any atom is -0.481 e. The van der Waals surface area contributed by atoms with Gasteiger partial charge in [0, 0.05) is 24.1 Å². The van der Waals surface area contributed by atoms with Crippen molar-refractivity contribution in [3.63, 3.8) is 0 Å². The highest BCUT2D eigenvalue weighted by atomic mass is 19.2. The molecule has 0 saturated heterocycles. The number of carboxylic acids is 3. The summed E-state index contributed by atoms with van der Waals surface area (Å²) in [6.45, 7) is 4.31. The van der Waals surface area contributed by atoms with E-state index in [1.54, 1.807) is 24.3 Å². The van der Waals surface area contributed by atoms with E-state index < -0.39 is 47.3 Å². The molecule has 3 N–H and O–H groups in total. The fourth-order valence-electron chi connectivity index (χ4n) is 2.61. The predicted octanol–water partition coefficient (Wildman–Crippen LogP) is 5.67. The quantitative estimate of drug-likeness (QED) is 0.226. The summed E-state index contributed by atoms with van der Waals surface area (Å²) in [5.74, 6) is -6.00. The number of unbranched alkanes of at least 4 members (excludes halogenated alkanes) is 1. The summed E-state index contributed by atoms with van der Waals surface area (Å²) in [6.07, 6.45) is 5.09. The van der Waals surface area contributed by atoms with Crippen LogP contribution in [0.2, 0.25) is 0 Å². The minimum absolute atomic E-state index is 0.326. The molecule has 0 saturated carbocycles. The van der Waals surface area contributed by atoms with Crippen LogP contribution >= 0.6 is 0 Å². The summed E-state index contributed by atoms with van der Waals surface area (Å²) in [5, 5.41) is 33.4. The molecule has 0 spiro atoms. The number of carbonyl (C=O) groups is 3. The Morgan fingerprint density at radius 1 is 1.00 bits per heavy atom. The Bertz CT molecular complexity index is 1090. The highest BCUT2D eigenvalue weighted by Crippen LogP contribution is 2.14. The van der Waals surface area contributed by atoms with Crippen molar-refractivity contribution >= 4 is 24.0 Å². The number of halogens is 3. The van der Waals surface area contributed by atoms with Crippen molar-refractivity contribution in [2.75, 3.05) is 0 Å². The van der Waals surface area contributed by atoms with Gasteiger partial charge in [-0.25, -0.2) is 18.0 Å². The van der Waals surface area contributed by atoms with Gasteiger partial charge in [0.15, 0.2) is 11.6 Å². The molecule has 0 aromatic heterocycles. The third-order valence-electron chi connectivity index (χ3n) is 4.27. The van der Waals surface area contributed by atoms with Gasteiger partial charge in [0.1, 0.15) is 5.82 Å². The lowest BCUT2D eigenvalue weighted by molar-refractivity contribution is -0.137. The normalized spacial score (nSPS) is 10.0. The fourth-order valence-corrected chi connectivity index (χ4v) is 2.61. The Kier molecular flexibility index (Phi) is 15.3. The molecule has 0 atom stereocenters. The van der Waals surface area contributed by atoms with Gasteiger partial charge in [0.2, 0.25) is 0 Å². The zero-order chi connectivity index (χ0) is 27.7. The average molecular weight is 508 g/mol. The number of carboxylic acid groups (broad SMARTS) is 3. The van der Waals surface area contributed by atoms with Crippen LogP contribution < -0.4 is 0 Å².